The van der Waals surface area contributed by atoms with E-state index in [-0.39, 0.29) is 12.0 Å². The van der Waals surface area contributed by atoms with E-state index in [1.54, 1.807) is 4.68 Å². The summed E-state index contributed by atoms with van der Waals surface area (Å²) in [6, 6.07) is 7.51. The molecule has 0 radical (unpaired) electrons. The predicted molar refractivity (Wildman–Crippen MR) is 77.0 cm³/mol. The van der Waals surface area contributed by atoms with E-state index in [2.05, 4.69) is 25.8 Å². The van der Waals surface area contributed by atoms with Gasteiger partial charge in [-0.2, -0.15) is 5.10 Å². The minimum Gasteiger partial charge on any atom is -0.371 e. The molecule has 3 aromatic rings. The Morgan fingerprint density at radius 1 is 1.45 bits per heavy atom. The Morgan fingerprint density at radius 2 is 2.32 bits per heavy atom. The number of nitrogens with zero attached hydrogens (tertiary/aromatic N) is 4. The number of benzene rings is 1. The van der Waals surface area contributed by atoms with Crippen molar-refractivity contribution in [3.05, 3.63) is 41.9 Å². The van der Waals surface area contributed by atoms with Crippen molar-refractivity contribution in [1.29, 1.82) is 0 Å². The Bertz CT molecular complexity index is 819. The molecule has 0 saturated carbocycles. The number of H-pyrrole nitrogens is 1. The van der Waals surface area contributed by atoms with Gasteiger partial charge in [0.05, 0.1) is 31.4 Å². The summed E-state index contributed by atoms with van der Waals surface area (Å²) < 4.78 is 6.86. The highest BCUT2D eigenvalue weighted by Crippen LogP contribution is 2.15. The Kier molecular flexibility index (Phi) is 3.08. The second-order valence-electron chi connectivity index (χ2n) is 5.19. The number of fused-ring (bicyclic) bond motifs is 1. The molecule has 0 spiro atoms. The number of carbonyl (C=O) groups is 1. The van der Waals surface area contributed by atoms with Gasteiger partial charge in [0.2, 0.25) is 0 Å². The van der Waals surface area contributed by atoms with E-state index in [1.807, 2.05) is 30.5 Å². The smallest absolute Gasteiger partial charge is 0.272 e. The second-order valence-corrected chi connectivity index (χ2v) is 5.19. The maximum atomic E-state index is 12.2. The molecule has 0 aliphatic carbocycles. The highest BCUT2D eigenvalue weighted by Gasteiger charge is 2.23. The Labute approximate surface area is 125 Å². The number of hydrogen-bond acceptors (Lipinski definition) is 5. The fraction of sp³-hybridized carbons (Fsp3) is 0.286. The third kappa shape index (κ3) is 2.56. The van der Waals surface area contributed by atoms with Crippen molar-refractivity contribution in [3.8, 4) is 0 Å². The summed E-state index contributed by atoms with van der Waals surface area (Å²) in [7, 11) is 0. The molecule has 4 rings (SSSR count). The number of carbonyl (C=O) groups excluding carboxylic acids is 1. The quantitative estimate of drug-likeness (QED) is 0.667. The van der Waals surface area contributed by atoms with Gasteiger partial charge in [-0.1, -0.05) is 23.4 Å². The third-order valence-corrected chi connectivity index (χ3v) is 3.49. The van der Waals surface area contributed by atoms with Crippen LogP contribution in [0.3, 0.4) is 0 Å². The molecule has 1 unspecified atom stereocenters. The molecule has 8 heteroatoms. The van der Waals surface area contributed by atoms with Crippen molar-refractivity contribution < 1.29 is 9.53 Å². The first-order valence-corrected chi connectivity index (χ1v) is 7.01. The second kappa shape index (κ2) is 5.23. The van der Waals surface area contributed by atoms with Crippen molar-refractivity contribution in [1.82, 2.24) is 30.5 Å². The van der Waals surface area contributed by atoms with Crippen LogP contribution >= 0.6 is 0 Å². The van der Waals surface area contributed by atoms with Crippen LogP contribution < -0.4 is 5.32 Å². The first-order chi connectivity index (χ1) is 10.8. The molecule has 1 aromatic carbocycles. The summed E-state index contributed by atoms with van der Waals surface area (Å²) in [4.78, 5) is 12.2. The number of ether oxygens (including phenoxy) is 1. The molecule has 1 amide bonds. The number of rotatable bonds is 5. The Hall–Kier alpha value is -2.74. The van der Waals surface area contributed by atoms with Gasteiger partial charge in [-0.3, -0.25) is 9.89 Å². The van der Waals surface area contributed by atoms with E-state index in [9.17, 15) is 4.79 Å². The highest BCUT2D eigenvalue weighted by molar-refractivity contribution is 6.04. The SMILES string of the molecule is O=C(NCc1cn(CC2CO2)nn1)c1n[nH]c2ccccc12. The van der Waals surface area contributed by atoms with Gasteiger partial charge in [-0.15, -0.1) is 5.10 Å². The van der Waals surface area contributed by atoms with Crippen LogP contribution in [0.25, 0.3) is 10.9 Å². The van der Waals surface area contributed by atoms with Crippen LogP contribution in [0.2, 0.25) is 0 Å². The highest BCUT2D eigenvalue weighted by atomic mass is 16.6. The van der Waals surface area contributed by atoms with Crippen molar-refractivity contribution >= 4 is 16.8 Å². The summed E-state index contributed by atoms with van der Waals surface area (Å²) in [6.07, 6.45) is 2.06. The molecule has 8 nitrogen and oxygen atoms in total. The number of nitrogens with one attached hydrogen (secondary N) is 2. The maximum absolute atomic E-state index is 12.2. The average Bonchev–Trinajstić information content (AvgIpc) is 3.07. The summed E-state index contributed by atoms with van der Waals surface area (Å²) in [5.41, 5.74) is 1.92. The number of epoxide rings is 1. The molecule has 0 bridgehead atoms. The van der Waals surface area contributed by atoms with Crippen LogP contribution in [-0.2, 0) is 17.8 Å². The van der Waals surface area contributed by atoms with E-state index in [0.717, 1.165) is 17.5 Å². The van der Waals surface area contributed by atoms with E-state index >= 15 is 0 Å². The molecule has 3 heterocycles. The van der Waals surface area contributed by atoms with Crippen LogP contribution in [0, 0.1) is 0 Å². The fourth-order valence-corrected chi connectivity index (χ4v) is 2.28. The summed E-state index contributed by atoms with van der Waals surface area (Å²) >= 11 is 0. The topological polar surface area (TPSA) is 101 Å². The molecule has 1 aliphatic rings. The number of hydrogen-bond donors (Lipinski definition) is 2. The molecule has 1 atom stereocenters. The third-order valence-electron chi connectivity index (χ3n) is 3.49. The zero-order chi connectivity index (χ0) is 14.9. The van der Waals surface area contributed by atoms with Gasteiger partial charge >= 0.3 is 0 Å². The van der Waals surface area contributed by atoms with E-state index in [0.29, 0.717) is 24.5 Å². The van der Waals surface area contributed by atoms with Crippen LogP contribution in [0.4, 0.5) is 0 Å². The van der Waals surface area contributed by atoms with Gasteiger partial charge in [0.1, 0.15) is 11.8 Å². The molecular weight excluding hydrogens is 284 g/mol. The lowest BCUT2D eigenvalue weighted by Gasteiger charge is -2.00. The van der Waals surface area contributed by atoms with E-state index in [1.165, 1.54) is 0 Å². The predicted octanol–water partition coefficient (Wildman–Crippen LogP) is 0.483. The molecule has 2 aromatic heterocycles. The Morgan fingerprint density at radius 3 is 3.18 bits per heavy atom. The molecule has 1 aliphatic heterocycles. The first-order valence-electron chi connectivity index (χ1n) is 7.01. The zero-order valence-electron chi connectivity index (χ0n) is 11.7. The Balaban J connectivity index is 1.42. The average molecular weight is 298 g/mol. The van der Waals surface area contributed by atoms with Gasteiger partial charge < -0.3 is 10.1 Å². The van der Waals surface area contributed by atoms with Gasteiger partial charge in [0.15, 0.2) is 5.69 Å². The zero-order valence-corrected chi connectivity index (χ0v) is 11.7. The van der Waals surface area contributed by atoms with Crippen LogP contribution in [0.1, 0.15) is 16.2 Å². The lowest BCUT2D eigenvalue weighted by molar-refractivity contribution is 0.0947. The molecule has 22 heavy (non-hydrogen) atoms. The number of amides is 1. The molecule has 2 N–H and O–H groups in total. The van der Waals surface area contributed by atoms with Gasteiger partial charge in [0.25, 0.3) is 5.91 Å². The summed E-state index contributed by atoms with van der Waals surface area (Å²) in [6.45, 7) is 1.79. The molecular formula is C14H14N6O2. The largest absolute Gasteiger partial charge is 0.371 e. The van der Waals surface area contributed by atoms with E-state index < -0.39 is 0 Å². The normalized spacial score (nSPS) is 16.8. The van der Waals surface area contributed by atoms with Crippen molar-refractivity contribution in [2.24, 2.45) is 0 Å². The minimum atomic E-state index is -0.238. The van der Waals surface area contributed by atoms with Crippen molar-refractivity contribution in [2.75, 3.05) is 6.61 Å². The number of aromatic nitrogens is 5. The number of aromatic amines is 1. The molecule has 112 valence electrons. The lowest BCUT2D eigenvalue weighted by Crippen LogP contribution is -2.23. The minimum absolute atomic E-state index is 0.238. The van der Waals surface area contributed by atoms with Gasteiger partial charge in [-0.25, -0.2) is 4.68 Å². The van der Waals surface area contributed by atoms with Gasteiger partial charge in [0, 0.05) is 5.39 Å². The fourth-order valence-electron chi connectivity index (χ4n) is 2.28. The van der Waals surface area contributed by atoms with Gasteiger partial charge in [-0.05, 0) is 6.07 Å². The van der Waals surface area contributed by atoms with Crippen molar-refractivity contribution in [2.45, 2.75) is 19.2 Å². The standard InChI is InChI=1S/C14H14N6O2/c21-14(13-11-3-1-2-4-12(11)17-18-13)15-5-9-6-20(19-16-9)7-10-8-22-10/h1-4,6,10H,5,7-8H2,(H,15,21)(H,17,18). The number of para-hydroxylation sites is 1. The summed E-state index contributed by atoms with van der Waals surface area (Å²) in [5, 5.41) is 18.5. The lowest BCUT2D eigenvalue weighted by atomic mass is 10.2. The molecule has 1 fully saturated rings. The maximum Gasteiger partial charge on any atom is 0.272 e. The van der Waals surface area contributed by atoms with Crippen LogP contribution in [0.5, 0.6) is 0 Å². The first kappa shape index (κ1) is 13.0. The molecule has 1 saturated heterocycles. The van der Waals surface area contributed by atoms with Crippen molar-refractivity contribution in [3.63, 3.8) is 0 Å². The monoisotopic (exact) mass is 298 g/mol. The van der Waals surface area contributed by atoms with Crippen LogP contribution in [-0.4, -0.2) is 43.8 Å². The summed E-state index contributed by atoms with van der Waals surface area (Å²) in [5.74, 6) is -0.238. The van der Waals surface area contributed by atoms with Crippen LogP contribution in [0.15, 0.2) is 30.5 Å². The van der Waals surface area contributed by atoms with E-state index in [4.69, 9.17) is 4.74 Å².